The lowest BCUT2D eigenvalue weighted by atomic mass is 9.91. The van der Waals surface area contributed by atoms with Gasteiger partial charge in [-0.1, -0.05) is 17.7 Å². The van der Waals surface area contributed by atoms with Crippen molar-refractivity contribution in [1.29, 1.82) is 0 Å². The molecular weight excluding hydrogens is 585 g/mol. The van der Waals surface area contributed by atoms with Crippen molar-refractivity contribution in [2.75, 3.05) is 32.2 Å². The highest BCUT2D eigenvalue weighted by Crippen LogP contribution is 2.36. The predicted octanol–water partition coefficient (Wildman–Crippen LogP) is 3.70. The Hall–Kier alpha value is -2.22. The van der Waals surface area contributed by atoms with Gasteiger partial charge in [-0.25, -0.2) is 14.2 Å². The van der Waals surface area contributed by atoms with Gasteiger partial charge in [-0.05, 0) is 66.5 Å². The number of fused-ring (bicyclic) bond motifs is 1. The van der Waals surface area contributed by atoms with Gasteiger partial charge in [0, 0.05) is 24.5 Å². The maximum Gasteiger partial charge on any atom is 0.298 e. The molecule has 1 aliphatic rings. The number of rotatable bonds is 8. The fraction of sp³-hybridized carbons (Fsp3) is 0.417. The Morgan fingerprint density at radius 3 is 2.31 bits per heavy atom. The van der Waals surface area contributed by atoms with E-state index >= 15 is 0 Å². The molecule has 3 aromatic rings. The van der Waals surface area contributed by atoms with Crippen molar-refractivity contribution < 1.29 is 27.2 Å². The van der Waals surface area contributed by atoms with E-state index in [1.807, 2.05) is 41.6 Å². The van der Waals surface area contributed by atoms with E-state index in [-0.39, 0.29) is 10.8 Å². The second-order valence-corrected chi connectivity index (χ2v) is 11.3. The van der Waals surface area contributed by atoms with Crippen molar-refractivity contribution in [3.8, 4) is 11.5 Å². The van der Waals surface area contributed by atoms with Crippen molar-refractivity contribution in [1.82, 2.24) is 9.97 Å². The van der Waals surface area contributed by atoms with Crippen LogP contribution >= 0.6 is 22.6 Å². The van der Waals surface area contributed by atoms with Gasteiger partial charge in [0.05, 0.1) is 30.7 Å². The van der Waals surface area contributed by atoms with Gasteiger partial charge in [0.2, 0.25) is 0 Å². The van der Waals surface area contributed by atoms with Gasteiger partial charge in [-0.2, -0.15) is 8.42 Å². The van der Waals surface area contributed by atoms with Gasteiger partial charge >= 0.3 is 0 Å². The van der Waals surface area contributed by atoms with Crippen LogP contribution in [0, 0.1) is 12.8 Å². The lowest BCUT2D eigenvalue weighted by Crippen LogP contribution is -2.42. The van der Waals surface area contributed by atoms with Crippen LogP contribution in [0.25, 0.3) is 10.9 Å². The highest BCUT2D eigenvalue weighted by molar-refractivity contribution is 14.1. The van der Waals surface area contributed by atoms with Crippen LogP contribution in [0.2, 0.25) is 0 Å². The van der Waals surface area contributed by atoms with E-state index in [4.69, 9.17) is 13.7 Å². The second kappa shape index (κ2) is 10.8. The number of hydrogen-bond donors (Lipinski definition) is 1. The molecule has 1 saturated heterocycles. The van der Waals surface area contributed by atoms with Crippen molar-refractivity contribution in [3.63, 3.8) is 0 Å². The number of aliphatic hydroxyl groups excluding tert-OH is 1. The van der Waals surface area contributed by atoms with Crippen molar-refractivity contribution in [2.45, 2.75) is 34.9 Å². The Bertz CT molecular complexity index is 1280. The summed E-state index contributed by atoms with van der Waals surface area (Å²) in [7, 11) is -0.801. The average Bonchev–Trinajstić information content (AvgIpc) is 2.87. The van der Waals surface area contributed by atoms with Crippen LogP contribution in [0.4, 0.5) is 5.82 Å². The standard InChI is InChI=1S/C24H28IN3O6S/c1-15-4-6-17(7-5-15)35(30,31)34-23(25)22(29)16-8-10-28(11-9-16)24-18-12-20(32-2)21(33-3)13-19(18)26-14-27-24/h4-7,12-14,16,22-23,29H,8-11H2,1-3H3. The maximum absolute atomic E-state index is 12.6. The first kappa shape index (κ1) is 25.9. The molecule has 0 spiro atoms. The Labute approximate surface area is 218 Å². The van der Waals surface area contributed by atoms with E-state index < -0.39 is 20.3 Å². The van der Waals surface area contributed by atoms with Crippen LogP contribution in [0.1, 0.15) is 18.4 Å². The molecule has 0 bridgehead atoms. The first-order valence-corrected chi connectivity index (χ1v) is 13.8. The zero-order valence-corrected chi connectivity index (χ0v) is 22.7. The number of anilines is 1. The summed E-state index contributed by atoms with van der Waals surface area (Å²) in [4.78, 5) is 11.1. The van der Waals surface area contributed by atoms with E-state index in [1.54, 1.807) is 26.4 Å². The topological polar surface area (TPSA) is 111 Å². The molecule has 188 valence electrons. The Kier molecular flexibility index (Phi) is 7.99. The number of methoxy groups -OCH3 is 2. The highest BCUT2D eigenvalue weighted by Gasteiger charge is 2.34. The minimum absolute atomic E-state index is 0.0782. The molecule has 0 aliphatic carbocycles. The number of benzene rings is 2. The van der Waals surface area contributed by atoms with Crippen LogP contribution in [0.5, 0.6) is 11.5 Å². The maximum atomic E-state index is 12.6. The van der Waals surface area contributed by atoms with E-state index in [0.29, 0.717) is 37.4 Å². The molecule has 2 aromatic carbocycles. The third-order valence-corrected chi connectivity index (χ3v) is 8.88. The molecule has 1 fully saturated rings. The Morgan fingerprint density at radius 2 is 1.69 bits per heavy atom. The number of aromatic nitrogens is 2. The number of aryl methyl sites for hydroxylation is 1. The average molecular weight is 613 g/mol. The molecule has 0 amide bonds. The largest absolute Gasteiger partial charge is 0.493 e. The monoisotopic (exact) mass is 613 g/mol. The van der Waals surface area contributed by atoms with Gasteiger partial charge in [0.25, 0.3) is 10.1 Å². The SMILES string of the molecule is COc1cc2ncnc(N3CCC(C(O)C(I)OS(=O)(=O)c4ccc(C)cc4)CC3)c2cc1OC. The summed E-state index contributed by atoms with van der Waals surface area (Å²) >= 11 is 1.86. The normalized spacial score (nSPS) is 16.8. The summed E-state index contributed by atoms with van der Waals surface area (Å²) in [6.45, 7) is 3.18. The Morgan fingerprint density at radius 1 is 1.06 bits per heavy atom. The molecule has 1 aliphatic heterocycles. The first-order chi connectivity index (χ1) is 16.7. The van der Waals surface area contributed by atoms with Gasteiger partial charge in [-0.3, -0.25) is 0 Å². The zero-order valence-electron chi connectivity index (χ0n) is 19.7. The van der Waals surface area contributed by atoms with E-state index in [9.17, 15) is 13.5 Å². The number of alkyl halides is 1. The third-order valence-electron chi connectivity index (χ3n) is 6.24. The first-order valence-electron chi connectivity index (χ1n) is 11.2. The van der Waals surface area contributed by atoms with E-state index in [0.717, 1.165) is 22.3 Å². The zero-order chi connectivity index (χ0) is 25.2. The fourth-order valence-electron chi connectivity index (χ4n) is 4.23. The second-order valence-electron chi connectivity index (χ2n) is 8.45. The molecule has 0 saturated carbocycles. The fourth-order valence-corrected chi connectivity index (χ4v) is 6.57. The number of halogens is 1. The Balaban J connectivity index is 1.44. The summed E-state index contributed by atoms with van der Waals surface area (Å²) in [6.07, 6.45) is 1.92. The highest BCUT2D eigenvalue weighted by atomic mass is 127. The van der Waals surface area contributed by atoms with Gasteiger partial charge in [0.1, 0.15) is 12.1 Å². The number of nitrogens with zero attached hydrogens (tertiary/aromatic N) is 3. The van der Waals surface area contributed by atoms with Gasteiger partial charge in [-0.15, -0.1) is 0 Å². The van der Waals surface area contributed by atoms with Crippen molar-refractivity contribution >= 4 is 49.4 Å². The van der Waals surface area contributed by atoms with Crippen LogP contribution in [0.15, 0.2) is 47.6 Å². The van der Waals surface area contributed by atoms with Crippen molar-refractivity contribution in [2.24, 2.45) is 5.92 Å². The predicted molar refractivity (Wildman–Crippen MR) is 141 cm³/mol. The summed E-state index contributed by atoms with van der Waals surface area (Å²) < 4.78 is 40.5. The quantitative estimate of drug-likeness (QED) is 0.231. The molecule has 2 heterocycles. The summed E-state index contributed by atoms with van der Waals surface area (Å²) in [5, 5.41) is 11.7. The van der Waals surface area contributed by atoms with E-state index in [2.05, 4.69) is 14.9 Å². The third kappa shape index (κ3) is 5.63. The lowest BCUT2D eigenvalue weighted by Gasteiger charge is -2.36. The lowest BCUT2D eigenvalue weighted by molar-refractivity contribution is 0.0401. The molecule has 35 heavy (non-hydrogen) atoms. The molecule has 1 aromatic heterocycles. The van der Waals surface area contributed by atoms with Crippen LogP contribution in [-0.4, -0.2) is 61.0 Å². The van der Waals surface area contributed by atoms with Gasteiger partial charge < -0.3 is 19.5 Å². The minimum atomic E-state index is -3.97. The number of ether oxygens (including phenoxy) is 2. The minimum Gasteiger partial charge on any atom is -0.493 e. The van der Waals surface area contributed by atoms with Crippen LogP contribution < -0.4 is 14.4 Å². The van der Waals surface area contributed by atoms with Gasteiger partial charge in [0.15, 0.2) is 15.6 Å². The molecule has 0 radical (unpaired) electrons. The molecule has 11 heteroatoms. The van der Waals surface area contributed by atoms with Crippen molar-refractivity contribution in [3.05, 3.63) is 48.3 Å². The smallest absolute Gasteiger partial charge is 0.298 e. The van der Waals surface area contributed by atoms with E-state index in [1.165, 1.54) is 18.5 Å². The molecule has 4 rings (SSSR count). The summed E-state index contributed by atoms with van der Waals surface area (Å²) in [5.41, 5.74) is 1.70. The van der Waals surface area contributed by atoms with Crippen LogP contribution in [-0.2, 0) is 14.3 Å². The number of hydrogen-bond acceptors (Lipinski definition) is 9. The number of aliphatic hydroxyl groups is 1. The summed E-state index contributed by atoms with van der Waals surface area (Å²) in [5.74, 6) is 1.87. The molecule has 1 N–H and O–H groups in total. The summed E-state index contributed by atoms with van der Waals surface area (Å²) in [6, 6.07) is 10.1. The molecular formula is C24H28IN3O6S. The molecule has 9 nitrogen and oxygen atoms in total. The molecule has 2 unspecified atom stereocenters. The van der Waals surface area contributed by atoms with Crippen LogP contribution in [0.3, 0.4) is 0 Å². The number of piperidine rings is 1. The molecule has 2 atom stereocenters.